The van der Waals surface area contributed by atoms with Crippen LogP contribution in [0.1, 0.15) is 32.1 Å². The fourth-order valence-corrected chi connectivity index (χ4v) is 3.61. The van der Waals surface area contributed by atoms with Crippen LogP contribution in [0.15, 0.2) is 0 Å². The van der Waals surface area contributed by atoms with Crippen molar-refractivity contribution in [3.63, 3.8) is 0 Å². The maximum atomic E-state index is 12.5. The number of β-amino-alcohol motifs (C(OH)–C–C–N with tert-alkyl or cyclic N) is 1. The number of amides is 2. The van der Waals surface area contributed by atoms with Crippen molar-refractivity contribution in [2.75, 3.05) is 46.4 Å². The third-order valence-corrected chi connectivity index (χ3v) is 5.32. The number of hydrogen-bond acceptors (Lipinski definition) is 4. The summed E-state index contributed by atoms with van der Waals surface area (Å²) in [6.07, 6.45) is 4.93. The molecule has 3 fully saturated rings. The highest BCUT2D eigenvalue weighted by molar-refractivity contribution is 5.75. The molecule has 126 valence electrons. The lowest BCUT2D eigenvalue weighted by Gasteiger charge is -2.42. The third kappa shape index (κ3) is 3.73. The summed E-state index contributed by atoms with van der Waals surface area (Å²) in [5, 5.41) is 13.2. The fourth-order valence-electron chi connectivity index (χ4n) is 3.61. The topological polar surface area (TPSA) is 65.0 Å². The van der Waals surface area contributed by atoms with Gasteiger partial charge in [0.1, 0.15) is 0 Å². The van der Waals surface area contributed by atoms with Crippen molar-refractivity contribution >= 4 is 6.03 Å². The minimum atomic E-state index is -0.343. The Morgan fingerprint density at radius 3 is 2.50 bits per heavy atom. The highest BCUT2D eigenvalue weighted by Crippen LogP contribution is 2.33. The standard InChI is InChI=1S/C16H29N3O3/c1-22-12-16(11-17-13-2-3-13)5-8-18(9-6-16)15(21)19-7-4-14(20)10-19/h13-14,17,20H,2-12H2,1H3/t14-/m1/s1. The Bertz CT molecular complexity index is 392. The number of nitrogens with zero attached hydrogens (tertiary/aromatic N) is 2. The number of ether oxygens (including phenoxy) is 1. The molecule has 1 aliphatic carbocycles. The first-order valence-electron chi connectivity index (χ1n) is 8.56. The molecular weight excluding hydrogens is 282 g/mol. The van der Waals surface area contributed by atoms with Gasteiger partial charge in [0.2, 0.25) is 0 Å². The molecule has 22 heavy (non-hydrogen) atoms. The SMILES string of the molecule is COCC1(CNC2CC2)CCN(C(=O)N2CC[C@@H](O)C2)CC1. The number of urea groups is 1. The predicted octanol–water partition coefficient (Wildman–Crippen LogP) is 0.654. The number of methoxy groups -OCH3 is 1. The predicted molar refractivity (Wildman–Crippen MR) is 83.7 cm³/mol. The van der Waals surface area contributed by atoms with Gasteiger partial charge in [0, 0.05) is 51.3 Å². The number of nitrogens with one attached hydrogen (secondary N) is 1. The van der Waals surface area contributed by atoms with Gasteiger partial charge in [-0.2, -0.15) is 0 Å². The van der Waals surface area contributed by atoms with Crippen molar-refractivity contribution in [2.24, 2.45) is 5.41 Å². The molecule has 2 amide bonds. The lowest BCUT2D eigenvalue weighted by molar-refractivity contribution is 0.0261. The van der Waals surface area contributed by atoms with Crippen LogP contribution in [0.4, 0.5) is 4.79 Å². The number of piperidine rings is 1. The molecule has 1 saturated carbocycles. The number of likely N-dealkylation sites (tertiary alicyclic amines) is 2. The van der Waals surface area contributed by atoms with Gasteiger partial charge in [-0.1, -0.05) is 0 Å². The Balaban J connectivity index is 1.51. The lowest BCUT2D eigenvalue weighted by atomic mass is 9.79. The second-order valence-corrected chi connectivity index (χ2v) is 7.25. The van der Waals surface area contributed by atoms with Crippen LogP contribution in [0.2, 0.25) is 0 Å². The van der Waals surface area contributed by atoms with E-state index >= 15 is 0 Å². The minimum Gasteiger partial charge on any atom is -0.391 e. The van der Waals surface area contributed by atoms with Crippen LogP contribution < -0.4 is 5.32 Å². The maximum Gasteiger partial charge on any atom is 0.320 e. The number of hydrogen-bond donors (Lipinski definition) is 2. The molecule has 0 spiro atoms. The van der Waals surface area contributed by atoms with Gasteiger partial charge in [0.25, 0.3) is 0 Å². The van der Waals surface area contributed by atoms with E-state index in [2.05, 4.69) is 5.32 Å². The zero-order valence-electron chi connectivity index (χ0n) is 13.6. The Kier molecular flexibility index (Phi) is 4.90. The van der Waals surface area contributed by atoms with Gasteiger partial charge < -0.3 is 25.0 Å². The molecule has 2 aliphatic heterocycles. The first-order chi connectivity index (χ1) is 10.6. The zero-order chi connectivity index (χ0) is 15.6. The summed E-state index contributed by atoms with van der Waals surface area (Å²) in [5.41, 5.74) is 0.165. The van der Waals surface area contributed by atoms with E-state index in [1.807, 2.05) is 4.90 Å². The van der Waals surface area contributed by atoms with Gasteiger partial charge in [-0.05, 0) is 32.1 Å². The van der Waals surface area contributed by atoms with Crippen LogP contribution in [-0.2, 0) is 4.74 Å². The highest BCUT2D eigenvalue weighted by Gasteiger charge is 2.39. The van der Waals surface area contributed by atoms with Gasteiger partial charge in [-0.25, -0.2) is 4.79 Å². The average molecular weight is 311 g/mol. The zero-order valence-corrected chi connectivity index (χ0v) is 13.6. The van der Waals surface area contributed by atoms with E-state index in [4.69, 9.17) is 4.74 Å². The second kappa shape index (κ2) is 6.72. The Morgan fingerprint density at radius 1 is 1.23 bits per heavy atom. The molecule has 3 rings (SSSR count). The van der Waals surface area contributed by atoms with E-state index in [1.54, 1.807) is 12.0 Å². The molecule has 0 aromatic carbocycles. The summed E-state index contributed by atoms with van der Waals surface area (Å²) in [7, 11) is 1.77. The van der Waals surface area contributed by atoms with Crippen LogP contribution >= 0.6 is 0 Å². The van der Waals surface area contributed by atoms with Gasteiger partial charge >= 0.3 is 6.03 Å². The first kappa shape index (κ1) is 16.0. The Labute approximate surface area is 132 Å². The van der Waals surface area contributed by atoms with Crippen LogP contribution in [0.5, 0.6) is 0 Å². The van der Waals surface area contributed by atoms with E-state index in [0.717, 1.165) is 39.1 Å². The van der Waals surface area contributed by atoms with Crippen molar-refractivity contribution in [1.29, 1.82) is 0 Å². The molecule has 3 aliphatic rings. The van der Waals surface area contributed by atoms with Crippen molar-refractivity contribution in [1.82, 2.24) is 15.1 Å². The highest BCUT2D eigenvalue weighted by atomic mass is 16.5. The largest absolute Gasteiger partial charge is 0.391 e. The number of aliphatic hydroxyl groups is 1. The smallest absolute Gasteiger partial charge is 0.320 e. The van der Waals surface area contributed by atoms with Crippen LogP contribution in [-0.4, -0.2) is 79.5 Å². The van der Waals surface area contributed by atoms with E-state index in [1.165, 1.54) is 12.8 Å². The van der Waals surface area contributed by atoms with E-state index < -0.39 is 0 Å². The van der Waals surface area contributed by atoms with E-state index in [-0.39, 0.29) is 17.6 Å². The van der Waals surface area contributed by atoms with Crippen molar-refractivity contribution < 1.29 is 14.6 Å². The number of rotatable bonds is 5. The lowest BCUT2D eigenvalue weighted by Crippen LogP contribution is -2.52. The number of carbonyl (C=O) groups is 1. The molecule has 2 N–H and O–H groups in total. The van der Waals surface area contributed by atoms with E-state index in [9.17, 15) is 9.90 Å². The molecule has 0 unspecified atom stereocenters. The van der Waals surface area contributed by atoms with Gasteiger partial charge in [0.15, 0.2) is 0 Å². The molecular formula is C16H29N3O3. The molecule has 2 heterocycles. The summed E-state index contributed by atoms with van der Waals surface area (Å²) in [4.78, 5) is 16.2. The molecule has 6 nitrogen and oxygen atoms in total. The van der Waals surface area contributed by atoms with Gasteiger partial charge in [0.05, 0.1) is 12.7 Å². The maximum absolute atomic E-state index is 12.5. The Morgan fingerprint density at radius 2 is 1.95 bits per heavy atom. The Hall–Kier alpha value is -0.850. The number of aliphatic hydroxyl groups excluding tert-OH is 1. The van der Waals surface area contributed by atoms with Gasteiger partial charge in [-0.15, -0.1) is 0 Å². The summed E-state index contributed by atoms with van der Waals surface area (Å²) in [6, 6.07) is 0.803. The van der Waals surface area contributed by atoms with Crippen molar-refractivity contribution in [3.8, 4) is 0 Å². The molecule has 0 aromatic rings. The quantitative estimate of drug-likeness (QED) is 0.783. The monoisotopic (exact) mass is 311 g/mol. The molecule has 0 aromatic heterocycles. The number of carbonyl (C=O) groups excluding carboxylic acids is 1. The second-order valence-electron chi connectivity index (χ2n) is 7.25. The van der Waals surface area contributed by atoms with Crippen molar-refractivity contribution in [3.05, 3.63) is 0 Å². The summed E-state index contributed by atoms with van der Waals surface area (Å²) in [6.45, 7) is 4.51. The van der Waals surface area contributed by atoms with Crippen LogP contribution in [0.3, 0.4) is 0 Å². The summed E-state index contributed by atoms with van der Waals surface area (Å²) >= 11 is 0. The van der Waals surface area contributed by atoms with Crippen molar-refractivity contribution in [2.45, 2.75) is 44.2 Å². The molecule has 0 radical (unpaired) electrons. The van der Waals surface area contributed by atoms with Gasteiger partial charge in [-0.3, -0.25) is 0 Å². The summed E-state index contributed by atoms with van der Waals surface area (Å²) in [5.74, 6) is 0. The molecule has 0 bridgehead atoms. The van der Waals surface area contributed by atoms with Crippen LogP contribution in [0.25, 0.3) is 0 Å². The normalized spacial score (nSPS) is 28.2. The average Bonchev–Trinajstić information content (AvgIpc) is 3.26. The third-order valence-electron chi connectivity index (χ3n) is 5.32. The summed E-state index contributed by atoms with van der Waals surface area (Å²) < 4.78 is 5.46. The minimum absolute atomic E-state index is 0.0951. The molecule has 1 atom stereocenters. The van der Waals surface area contributed by atoms with E-state index in [0.29, 0.717) is 25.6 Å². The van der Waals surface area contributed by atoms with Crippen LogP contribution in [0, 0.1) is 5.41 Å². The molecule has 2 saturated heterocycles. The fraction of sp³-hybridized carbons (Fsp3) is 0.938. The first-order valence-corrected chi connectivity index (χ1v) is 8.56. The molecule has 6 heteroatoms.